The van der Waals surface area contributed by atoms with Crippen molar-refractivity contribution in [2.45, 2.75) is 20.1 Å². The van der Waals surface area contributed by atoms with Gasteiger partial charge in [0.05, 0.1) is 5.69 Å². The average Bonchev–Trinajstić information content (AvgIpc) is 2.76. The van der Waals surface area contributed by atoms with Gasteiger partial charge in [-0.25, -0.2) is 4.68 Å². The van der Waals surface area contributed by atoms with Crippen molar-refractivity contribution in [3.8, 4) is 17.3 Å². The summed E-state index contributed by atoms with van der Waals surface area (Å²) >= 11 is 5.97. The number of halogens is 3. The first-order valence-corrected chi connectivity index (χ1v) is 9.79. The van der Waals surface area contributed by atoms with Crippen LogP contribution in [0.1, 0.15) is 5.56 Å². The summed E-state index contributed by atoms with van der Waals surface area (Å²) in [6, 6.07) is 1.46. The zero-order chi connectivity index (χ0) is 18.9. The van der Waals surface area contributed by atoms with Gasteiger partial charge in [0.15, 0.2) is 0 Å². The number of alkyl halides is 2. The lowest BCUT2D eigenvalue weighted by Crippen LogP contribution is -2.28. The molecule has 0 saturated heterocycles. The fourth-order valence-electron chi connectivity index (χ4n) is 2.44. The van der Waals surface area contributed by atoms with E-state index in [9.17, 15) is 17.8 Å². The highest BCUT2D eigenvalue weighted by Gasteiger charge is 2.23. The van der Waals surface area contributed by atoms with Crippen molar-refractivity contribution in [3.63, 3.8) is 0 Å². The summed E-state index contributed by atoms with van der Waals surface area (Å²) in [4.78, 5) is 12.4. The summed E-state index contributed by atoms with van der Waals surface area (Å²) in [5.41, 5.74) is 0.621. The quantitative estimate of drug-likeness (QED) is 0.678. The Morgan fingerprint density at radius 2 is 2.12 bits per heavy atom. The van der Waals surface area contributed by atoms with E-state index < -0.39 is 23.0 Å². The van der Waals surface area contributed by atoms with Crippen molar-refractivity contribution < 1.29 is 17.7 Å². The highest BCUT2D eigenvalue weighted by Crippen LogP contribution is 2.30. The molecule has 0 aliphatic heterocycles. The molecule has 2 atom stereocenters. The molecule has 2 unspecified atom stereocenters. The van der Waals surface area contributed by atoms with Gasteiger partial charge >= 0.3 is 6.61 Å². The summed E-state index contributed by atoms with van der Waals surface area (Å²) in [7, 11) is 2.79. The molecule has 11 heteroatoms. The van der Waals surface area contributed by atoms with E-state index in [1.165, 1.54) is 28.6 Å². The lowest BCUT2D eigenvalue weighted by Gasteiger charge is -2.14. The van der Waals surface area contributed by atoms with Crippen molar-refractivity contribution in [3.05, 3.63) is 27.0 Å². The number of aromatic nitrogens is 3. The number of ether oxygens (including phenoxy) is 1. The third kappa shape index (κ3) is 4.27. The second-order valence-electron chi connectivity index (χ2n) is 5.31. The van der Waals surface area contributed by atoms with Gasteiger partial charge in [0.2, 0.25) is 5.88 Å². The fourth-order valence-corrected chi connectivity index (χ4v) is 3.66. The van der Waals surface area contributed by atoms with Gasteiger partial charge in [-0.3, -0.25) is 9.00 Å². The molecular formula is C14H17ClF2N3O3PS. The van der Waals surface area contributed by atoms with Crippen LogP contribution in [0.3, 0.4) is 0 Å². The Morgan fingerprint density at radius 1 is 1.48 bits per heavy atom. The molecule has 6 nitrogen and oxygen atoms in total. The molecule has 2 heterocycles. The normalized spacial score (nSPS) is 12.6. The maximum Gasteiger partial charge on any atom is 0.388 e. The van der Waals surface area contributed by atoms with Crippen LogP contribution in [-0.4, -0.2) is 37.2 Å². The topological polar surface area (TPSA) is 66.1 Å². The lowest BCUT2D eigenvalue weighted by atomic mass is 10.2. The van der Waals surface area contributed by atoms with Gasteiger partial charge in [-0.15, -0.1) is 9.24 Å². The second kappa shape index (κ2) is 7.93. The summed E-state index contributed by atoms with van der Waals surface area (Å²) in [6.45, 7) is -1.27. The first-order valence-electron chi connectivity index (χ1n) is 7.11. The number of aryl methyl sites for hydroxylation is 1. The molecule has 0 amide bonds. The van der Waals surface area contributed by atoms with E-state index in [2.05, 4.69) is 19.1 Å². The molecule has 138 valence electrons. The predicted octanol–water partition coefficient (Wildman–Crippen LogP) is 1.69. The molecule has 0 aliphatic rings. The van der Waals surface area contributed by atoms with Gasteiger partial charge in [0, 0.05) is 42.0 Å². The highest BCUT2D eigenvalue weighted by molar-refractivity contribution is 7.84. The summed E-state index contributed by atoms with van der Waals surface area (Å²) in [6.07, 6.45) is 1.53. The molecule has 25 heavy (non-hydrogen) atoms. The fraction of sp³-hybridized carbons (Fsp3) is 0.429. The van der Waals surface area contributed by atoms with E-state index in [1.807, 2.05) is 0 Å². The molecule has 2 rings (SSSR count). The number of hydrogen-bond acceptors (Lipinski definition) is 4. The number of nitrogens with zero attached hydrogens (tertiary/aromatic N) is 3. The Labute approximate surface area is 152 Å². The average molecular weight is 412 g/mol. The van der Waals surface area contributed by atoms with Gasteiger partial charge in [-0.2, -0.15) is 13.9 Å². The van der Waals surface area contributed by atoms with E-state index in [0.717, 1.165) is 0 Å². The van der Waals surface area contributed by atoms with Gasteiger partial charge in [0.1, 0.15) is 10.7 Å². The smallest absolute Gasteiger partial charge is 0.388 e. The van der Waals surface area contributed by atoms with Gasteiger partial charge in [-0.05, 0) is 18.3 Å². The first-order chi connectivity index (χ1) is 11.6. The maximum absolute atomic E-state index is 12.6. The van der Waals surface area contributed by atoms with Crippen LogP contribution in [0.25, 0.3) is 11.4 Å². The third-order valence-electron chi connectivity index (χ3n) is 3.52. The molecule has 2 aromatic rings. The van der Waals surface area contributed by atoms with Crippen molar-refractivity contribution in [1.82, 2.24) is 14.3 Å². The van der Waals surface area contributed by atoms with Crippen LogP contribution >= 0.6 is 20.8 Å². The molecule has 0 aromatic carbocycles. The van der Waals surface area contributed by atoms with Crippen molar-refractivity contribution in [1.29, 1.82) is 0 Å². The summed E-state index contributed by atoms with van der Waals surface area (Å²) in [5, 5.41) is 4.79. The predicted molar refractivity (Wildman–Crippen MR) is 97.6 cm³/mol. The molecule has 0 saturated carbocycles. The van der Waals surface area contributed by atoms with Gasteiger partial charge < -0.3 is 9.30 Å². The Kier molecular flexibility index (Phi) is 6.35. The Morgan fingerprint density at radius 3 is 2.68 bits per heavy atom. The van der Waals surface area contributed by atoms with E-state index in [-0.39, 0.29) is 23.2 Å². The number of hydrogen-bond donors (Lipinski definition) is 0. The number of rotatable bonds is 6. The number of pyridine rings is 1. The molecular weight excluding hydrogens is 395 g/mol. The largest absolute Gasteiger partial charge is 0.417 e. The minimum Gasteiger partial charge on any atom is -0.417 e. The minimum absolute atomic E-state index is 0.00766. The third-order valence-corrected chi connectivity index (χ3v) is 4.99. The summed E-state index contributed by atoms with van der Waals surface area (Å²) < 4.78 is 43.7. The zero-order valence-corrected chi connectivity index (χ0v) is 16.5. The molecule has 2 aromatic heterocycles. The Balaban J connectivity index is 2.68. The van der Waals surface area contributed by atoms with Crippen LogP contribution < -0.4 is 15.6 Å². The van der Waals surface area contributed by atoms with Crippen LogP contribution in [0.4, 0.5) is 8.78 Å². The van der Waals surface area contributed by atoms with E-state index >= 15 is 0 Å². The van der Waals surface area contributed by atoms with E-state index in [1.54, 1.807) is 6.92 Å². The van der Waals surface area contributed by atoms with Crippen LogP contribution in [-0.2, 0) is 24.4 Å². The lowest BCUT2D eigenvalue weighted by molar-refractivity contribution is -0.0557. The van der Waals surface area contributed by atoms with Crippen molar-refractivity contribution >= 4 is 36.9 Å². The Hall–Kier alpha value is -1.31. The van der Waals surface area contributed by atoms with Gasteiger partial charge in [-0.1, -0.05) is 11.6 Å². The van der Waals surface area contributed by atoms with Crippen LogP contribution in [0, 0.1) is 6.92 Å². The second-order valence-corrected chi connectivity index (χ2v) is 7.90. The standard InChI is InChI=1S/C14H17ClF2N3O3PS/c1-7-10(18-19(2)13(7)23-14(16)17)11-9(24)6-8(15)12(21)20(11)4-5-25(3)22/h6,14H,4-5,24H2,1-3H3. The van der Waals surface area contributed by atoms with Gasteiger partial charge in [0.25, 0.3) is 5.56 Å². The van der Waals surface area contributed by atoms with Crippen LogP contribution in [0.15, 0.2) is 10.9 Å². The minimum atomic E-state index is -2.99. The Bertz CT molecular complexity index is 885. The molecule has 0 aliphatic carbocycles. The van der Waals surface area contributed by atoms with Crippen LogP contribution in [0.2, 0.25) is 5.02 Å². The van der Waals surface area contributed by atoms with Crippen molar-refractivity contribution in [2.24, 2.45) is 7.05 Å². The van der Waals surface area contributed by atoms with Crippen LogP contribution in [0.5, 0.6) is 5.88 Å². The molecule has 0 radical (unpaired) electrons. The molecule has 0 spiro atoms. The first kappa shape index (κ1) is 20.0. The molecule has 0 fully saturated rings. The monoisotopic (exact) mass is 411 g/mol. The van der Waals surface area contributed by atoms with E-state index in [0.29, 0.717) is 22.3 Å². The molecule has 0 N–H and O–H groups in total. The maximum atomic E-state index is 12.6. The molecule has 0 bridgehead atoms. The zero-order valence-electron chi connectivity index (χ0n) is 13.8. The van der Waals surface area contributed by atoms with Crippen molar-refractivity contribution in [2.75, 3.05) is 12.0 Å². The SMILES string of the molecule is Cc1c(-c2c(P)cc(Cl)c(=O)n2CCS(C)=O)nn(C)c1OC(F)F. The van der Waals surface area contributed by atoms with E-state index in [4.69, 9.17) is 11.6 Å². The summed E-state index contributed by atoms with van der Waals surface area (Å²) in [5.74, 6) is 0.145. The highest BCUT2D eigenvalue weighted by atomic mass is 35.5.